The lowest BCUT2D eigenvalue weighted by Gasteiger charge is -2.17. The van der Waals surface area contributed by atoms with Crippen LogP contribution in [0.5, 0.6) is 0 Å². The molecule has 0 N–H and O–H groups in total. The van der Waals surface area contributed by atoms with Gasteiger partial charge in [0.1, 0.15) is 17.2 Å². The van der Waals surface area contributed by atoms with Crippen LogP contribution in [0.15, 0.2) is 42.5 Å². The predicted octanol–water partition coefficient (Wildman–Crippen LogP) is 3.15. The van der Waals surface area contributed by atoms with Crippen molar-refractivity contribution < 1.29 is 18.5 Å². The van der Waals surface area contributed by atoms with Crippen molar-refractivity contribution in [3.05, 3.63) is 69.8 Å². The van der Waals surface area contributed by atoms with Crippen LogP contribution in [0.1, 0.15) is 10.4 Å². The maximum Gasteiger partial charge on any atom is 0.282 e. The Kier molecular flexibility index (Phi) is 3.93. The number of nitro benzene ring substituents is 1. The molecule has 0 fully saturated rings. The summed E-state index contributed by atoms with van der Waals surface area (Å²) in [5.74, 6) is -2.32. The summed E-state index contributed by atoms with van der Waals surface area (Å²) in [5.41, 5.74) is -1.03. The van der Waals surface area contributed by atoms with Gasteiger partial charge < -0.3 is 4.90 Å². The molecular formula is C14H10F2N2O3. The number of hydrogen-bond acceptors (Lipinski definition) is 3. The summed E-state index contributed by atoms with van der Waals surface area (Å²) >= 11 is 0. The van der Waals surface area contributed by atoms with E-state index in [4.69, 9.17) is 0 Å². The van der Waals surface area contributed by atoms with Crippen molar-refractivity contribution in [2.45, 2.75) is 0 Å². The Hall–Kier alpha value is -2.83. The molecule has 0 heterocycles. The molecule has 0 aliphatic rings. The van der Waals surface area contributed by atoms with E-state index in [1.165, 1.54) is 25.2 Å². The van der Waals surface area contributed by atoms with E-state index in [1.54, 1.807) is 0 Å². The van der Waals surface area contributed by atoms with Crippen LogP contribution in [0.2, 0.25) is 0 Å². The number of halogens is 2. The number of nitrogens with zero attached hydrogens (tertiary/aromatic N) is 2. The first-order valence-electron chi connectivity index (χ1n) is 5.88. The van der Waals surface area contributed by atoms with Crippen LogP contribution in [0.25, 0.3) is 0 Å². The van der Waals surface area contributed by atoms with Crippen molar-refractivity contribution in [3.63, 3.8) is 0 Å². The van der Waals surface area contributed by atoms with Crippen molar-refractivity contribution in [3.8, 4) is 0 Å². The molecule has 0 atom stereocenters. The summed E-state index contributed by atoms with van der Waals surface area (Å²) in [6, 6.07) is 8.01. The maximum absolute atomic E-state index is 13.7. The number of para-hydroxylation sites is 1. The molecule has 0 saturated heterocycles. The number of amides is 1. The van der Waals surface area contributed by atoms with Crippen molar-refractivity contribution in [2.24, 2.45) is 0 Å². The molecule has 0 bridgehead atoms. The zero-order valence-corrected chi connectivity index (χ0v) is 10.9. The first-order chi connectivity index (χ1) is 9.91. The summed E-state index contributed by atoms with van der Waals surface area (Å²) in [4.78, 5) is 23.3. The lowest BCUT2D eigenvalue weighted by atomic mass is 10.1. The van der Waals surface area contributed by atoms with Gasteiger partial charge in [-0.25, -0.2) is 8.78 Å². The van der Waals surface area contributed by atoms with Crippen molar-refractivity contribution in [2.75, 3.05) is 11.9 Å². The molecule has 21 heavy (non-hydrogen) atoms. The molecule has 2 aromatic rings. The zero-order valence-electron chi connectivity index (χ0n) is 10.9. The van der Waals surface area contributed by atoms with E-state index in [0.29, 0.717) is 0 Å². The molecule has 5 nitrogen and oxygen atoms in total. The van der Waals surface area contributed by atoms with Gasteiger partial charge in [0, 0.05) is 13.1 Å². The lowest BCUT2D eigenvalue weighted by molar-refractivity contribution is -0.385. The number of hydrogen-bond donors (Lipinski definition) is 0. The molecule has 7 heteroatoms. The molecular weight excluding hydrogens is 282 g/mol. The number of anilines is 1. The zero-order chi connectivity index (χ0) is 15.6. The van der Waals surface area contributed by atoms with Gasteiger partial charge in [-0.1, -0.05) is 12.1 Å². The van der Waals surface area contributed by atoms with Gasteiger partial charge in [0.15, 0.2) is 0 Å². The second-order valence-electron chi connectivity index (χ2n) is 4.23. The van der Waals surface area contributed by atoms with Gasteiger partial charge in [-0.15, -0.1) is 0 Å². The Labute approximate surface area is 118 Å². The summed E-state index contributed by atoms with van der Waals surface area (Å²) in [7, 11) is 1.26. The van der Waals surface area contributed by atoms with Gasteiger partial charge >= 0.3 is 0 Å². The minimum absolute atomic E-state index is 0.0546. The largest absolute Gasteiger partial charge is 0.308 e. The predicted molar refractivity (Wildman–Crippen MR) is 72.2 cm³/mol. The number of benzene rings is 2. The molecule has 1 amide bonds. The maximum atomic E-state index is 13.7. The highest BCUT2D eigenvalue weighted by atomic mass is 19.1. The van der Waals surface area contributed by atoms with E-state index < -0.39 is 33.7 Å². The van der Waals surface area contributed by atoms with Crippen LogP contribution in [0.3, 0.4) is 0 Å². The van der Waals surface area contributed by atoms with Crippen LogP contribution in [-0.4, -0.2) is 17.9 Å². The smallest absolute Gasteiger partial charge is 0.282 e. The second-order valence-corrected chi connectivity index (χ2v) is 4.23. The van der Waals surface area contributed by atoms with Crippen LogP contribution in [0, 0.1) is 21.7 Å². The van der Waals surface area contributed by atoms with Gasteiger partial charge in [-0.3, -0.25) is 14.9 Å². The third kappa shape index (κ3) is 2.86. The Morgan fingerprint density at radius 1 is 1.19 bits per heavy atom. The van der Waals surface area contributed by atoms with Gasteiger partial charge in [0.05, 0.1) is 10.6 Å². The SMILES string of the molecule is CN(C(=O)c1cc(F)ccc1[N+](=O)[O-])c1ccccc1F. The third-order valence-electron chi connectivity index (χ3n) is 2.90. The fourth-order valence-corrected chi connectivity index (χ4v) is 1.85. The van der Waals surface area contributed by atoms with Gasteiger partial charge in [-0.2, -0.15) is 0 Å². The molecule has 0 aliphatic carbocycles. The molecule has 0 radical (unpaired) electrons. The number of carbonyl (C=O) groups is 1. The Bertz CT molecular complexity index is 719. The highest BCUT2D eigenvalue weighted by molar-refractivity contribution is 6.08. The topological polar surface area (TPSA) is 63.5 Å². The molecule has 0 aromatic heterocycles. The van der Waals surface area contributed by atoms with Crippen molar-refractivity contribution >= 4 is 17.3 Å². The first kappa shape index (κ1) is 14.6. The minimum atomic E-state index is -0.869. The third-order valence-corrected chi connectivity index (χ3v) is 2.90. The van der Waals surface area contributed by atoms with E-state index >= 15 is 0 Å². The molecule has 0 aliphatic heterocycles. The highest BCUT2D eigenvalue weighted by Gasteiger charge is 2.25. The fraction of sp³-hybridized carbons (Fsp3) is 0.0714. The number of carbonyl (C=O) groups excluding carboxylic acids is 1. The minimum Gasteiger partial charge on any atom is -0.308 e. The Morgan fingerprint density at radius 3 is 2.48 bits per heavy atom. The molecule has 2 aromatic carbocycles. The molecule has 0 saturated carbocycles. The van der Waals surface area contributed by atoms with Crippen molar-refractivity contribution in [1.29, 1.82) is 0 Å². The van der Waals surface area contributed by atoms with E-state index in [0.717, 1.165) is 29.2 Å². The summed E-state index contributed by atoms with van der Waals surface area (Å²) < 4.78 is 26.9. The quantitative estimate of drug-likeness (QED) is 0.645. The van der Waals surface area contributed by atoms with E-state index in [9.17, 15) is 23.7 Å². The van der Waals surface area contributed by atoms with Crippen LogP contribution in [0.4, 0.5) is 20.2 Å². The van der Waals surface area contributed by atoms with E-state index in [2.05, 4.69) is 0 Å². The standard InChI is InChI=1S/C14H10F2N2O3/c1-17(13-5-3-2-4-11(13)16)14(19)10-8-9(15)6-7-12(10)18(20)21/h2-8H,1H3. The van der Waals surface area contributed by atoms with E-state index in [-0.39, 0.29) is 5.69 Å². The molecule has 2 rings (SSSR count). The average Bonchev–Trinajstić information content (AvgIpc) is 2.45. The summed E-state index contributed by atoms with van der Waals surface area (Å²) in [6.45, 7) is 0. The summed E-state index contributed by atoms with van der Waals surface area (Å²) in [6.07, 6.45) is 0. The molecule has 0 spiro atoms. The monoisotopic (exact) mass is 292 g/mol. The van der Waals surface area contributed by atoms with Gasteiger partial charge in [0.25, 0.3) is 11.6 Å². The van der Waals surface area contributed by atoms with Crippen LogP contribution in [-0.2, 0) is 0 Å². The normalized spacial score (nSPS) is 10.2. The molecule has 108 valence electrons. The van der Waals surface area contributed by atoms with Gasteiger partial charge in [0.2, 0.25) is 0 Å². The second kappa shape index (κ2) is 5.66. The van der Waals surface area contributed by atoms with Crippen molar-refractivity contribution in [1.82, 2.24) is 0 Å². The number of nitro groups is 1. The van der Waals surface area contributed by atoms with Gasteiger partial charge in [-0.05, 0) is 24.3 Å². The number of rotatable bonds is 3. The molecule has 0 unspecified atom stereocenters. The van der Waals surface area contributed by atoms with E-state index in [1.807, 2.05) is 0 Å². The fourth-order valence-electron chi connectivity index (χ4n) is 1.85. The summed E-state index contributed by atoms with van der Waals surface area (Å²) in [5, 5.41) is 10.9. The first-order valence-corrected chi connectivity index (χ1v) is 5.88. The Morgan fingerprint density at radius 2 is 1.86 bits per heavy atom. The Balaban J connectivity index is 2.47. The van der Waals surface area contributed by atoms with Crippen LogP contribution >= 0.6 is 0 Å². The van der Waals surface area contributed by atoms with Crippen LogP contribution < -0.4 is 4.90 Å². The average molecular weight is 292 g/mol. The highest BCUT2D eigenvalue weighted by Crippen LogP contribution is 2.24. The lowest BCUT2D eigenvalue weighted by Crippen LogP contribution is -2.27.